The van der Waals surface area contributed by atoms with E-state index in [0.717, 1.165) is 0 Å². The lowest BCUT2D eigenvalue weighted by atomic mass is 10.2. The molecule has 0 bridgehead atoms. The van der Waals surface area contributed by atoms with Crippen molar-refractivity contribution in [3.05, 3.63) is 52.4 Å². The van der Waals surface area contributed by atoms with Gasteiger partial charge >= 0.3 is 5.69 Å². The fourth-order valence-corrected chi connectivity index (χ4v) is 3.54. The minimum Gasteiger partial charge on any atom is -0.493 e. The van der Waals surface area contributed by atoms with Gasteiger partial charge in [-0.3, -0.25) is 0 Å². The van der Waals surface area contributed by atoms with E-state index in [0.29, 0.717) is 33.8 Å². The molecule has 9 nitrogen and oxygen atoms in total. The molecule has 0 fully saturated rings. The van der Waals surface area contributed by atoms with Crippen molar-refractivity contribution >= 4 is 26.7 Å². The van der Waals surface area contributed by atoms with Gasteiger partial charge in [-0.05, 0) is 30.8 Å². The van der Waals surface area contributed by atoms with Gasteiger partial charge in [0.25, 0.3) is 0 Å². The van der Waals surface area contributed by atoms with Crippen molar-refractivity contribution in [1.82, 2.24) is 14.7 Å². The maximum Gasteiger partial charge on any atom is 0.347 e. The lowest BCUT2D eigenvalue weighted by Gasteiger charge is -2.12. The standard InChI is InChI=1S/C18H20N4O5S/c1-19-28(24,25)12-6-4-5-11(7-12)10-20-17-13-8-15(26-2)16(27-3)9-14(13)21-18(23)22-17/h4-9,19H,10H2,1-3H3,(H2,20,21,22,23). The number of hydrogen-bond donors (Lipinski definition) is 3. The van der Waals surface area contributed by atoms with Crippen LogP contribution in [0, 0.1) is 0 Å². The number of anilines is 1. The number of nitrogens with zero attached hydrogens (tertiary/aromatic N) is 1. The third kappa shape index (κ3) is 3.92. The Bertz CT molecular complexity index is 1170. The topological polar surface area (TPSA) is 122 Å². The summed E-state index contributed by atoms with van der Waals surface area (Å²) in [6.45, 7) is 0.271. The fourth-order valence-electron chi connectivity index (χ4n) is 2.74. The molecule has 0 atom stereocenters. The molecule has 28 heavy (non-hydrogen) atoms. The van der Waals surface area contributed by atoms with Crippen LogP contribution in [0.25, 0.3) is 10.9 Å². The molecule has 1 aromatic heterocycles. The van der Waals surface area contributed by atoms with Gasteiger partial charge in [0.1, 0.15) is 5.82 Å². The van der Waals surface area contributed by atoms with Crippen LogP contribution in [-0.2, 0) is 16.6 Å². The molecule has 10 heteroatoms. The zero-order valence-corrected chi connectivity index (χ0v) is 16.4. The van der Waals surface area contributed by atoms with Crippen LogP contribution in [-0.4, -0.2) is 39.7 Å². The Morgan fingerprint density at radius 3 is 2.50 bits per heavy atom. The second-order valence-corrected chi connectivity index (χ2v) is 7.74. The monoisotopic (exact) mass is 404 g/mol. The molecule has 0 saturated carbocycles. The number of fused-ring (bicyclic) bond motifs is 1. The molecule has 0 spiro atoms. The van der Waals surface area contributed by atoms with Crippen LogP contribution in [0.1, 0.15) is 5.56 Å². The number of rotatable bonds is 7. The fraction of sp³-hybridized carbons (Fsp3) is 0.222. The van der Waals surface area contributed by atoms with E-state index in [2.05, 4.69) is 20.0 Å². The number of nitrogens with one attached hydrogen (secondary N) is 3. The van der Waals surface area contributed by atoms with E-state index in [4.69, 9.17) is 9.47 Å². The van der Waals surface area contributed by atoms with Gasteiger partial charge in [0, 0.05) is 18.0 Å². The van der Waals surface area contributed by atoms with E-state index >= 15 is 0 Å². The third-order valence-electron chi connectivity index (χ3n) is 4.17. The lowest BCUT2D eigenvalue weighted by molar-refractivity contribution is 0.356. The molecule has 1 heterocycles. The molecule has 0 aliphatic rings. The molecular formula is C18H20N4O5S. The largest absolute Gasteiger partial charge is 0.493 e. The second kappa shape index (κ2) is 7.87. The van der Waals surface area contributed by atoms with Crippen LogP contribution in [0.3, 0.4) is 0 Å². The van der Waals surface area contributed by atoms with E-state index in [9.17, 15) is 13.2 Å². The molecule has 0 unspecified atom stereocenters. The van der Waals surface area contributed by atoms with Crippen LogP contribution in [0.4, 0.5) is 5.82 Å². The van der Waals surface area contributed by atoms with Gasteiger partial charge < -0.3 is 19.8 Å². The summed E-state index contributed by atoms with van der Waals surface area (Å²) >= 11 is 0. The number of hydrogen-bond acceptors (Lipinski definition) is 7. The smallest absolute Gasteiger partial charge is 0.347 e. The van der Waals surface area contributed by atoms with Gasteiger partial charge in [0.05, 0.1) is 24.6 Å². The third-order valence-corrected chi connectivity index (χ3v) is 5.58. The van der Waals surface area contributed by atoms with E-state index in [1.807, 2.05) is 0 Å². The molecule has 3 rings (SSSR count). The SMILES string of the molecule is CNS(=O)(=O)c1cccc(CNc2nc(=O)[nH]c3cc(OC)c(OC)cc23)c1. The summed E-state index contributed by atoms with van der Waals surface area (Å²) in [5, 5.41) is 3.72. The average molecular weight is 404 g/mol. The number of aromatic nitrogens is 2. The Labute approximate surface area is 161 Å². The van der Waals surface area contributed by atoms with Gasteiger partial charge in [-0.15, -0.1) is 0 Å². The van der Waals surface area contributed by atoms with Gasteiger partial charge in [-0.25, -0.2) is 17.9 Å². The van der Waals surface area contributed by atoms with Crippen LogP contribution < -0.4 is 25.2 Å². The molecule has 3 N–H and O–H groups in total. The molecule has 3 aromatic rings. The lowest BCUT2D eigenvalue weighted by Crippen LogP contribution is -2.19. The predicted octanol–water partition coefficient (Wildman–Crippen LogP) is 1.46. The number of ether oxygens (including phenoxy) is 2. The van der Waals surface area contributed by atoms with Crippen molar-refractivity contribution in [3.8, 4) is 11.5 Å². The summed E-state index contributed by atoms with van der Waals surface area (Å²) in [5.74, 6) is 1.32. The number of methoxy groups -OCH3 is 2. The Balaban J connectivity index is 1.97. The van der Waals surface area contributed by atoms with Crippen molar-refractivity contribution < 1.29 is 17.9 Å². The molecule has 148 valence electrons. The first-order valence-corrected chi connectivity index (χ1v) is 9.78. The summed E-state index contributed by atoms with van der Waals surface area (Å²) < 4.78 is 36.8. The highest BCUT2D eigenvalue weighted by Gasteiger charge is 2.13. The molecule has 0 amide bonds. The maximum atomic E-state index is 12.0. The van der Waals surface area contributed by atoms with Gasteiger partial charge in [-0.1, -0.05) is 12.1 Å². The highest BCUT2D eigenvalue weighted by molar-refractivity contribution is 7.89. The molecule has 0 aliphatic heterocycles. The Kier molecular flexibility index (Phi) is 5.52. The highest BCUT2D eigenvalue weighted by atomic mass is 32.2. The summed E-state index contributed by atoms with van der Waals surface area (Å²) in [5.41, 5.74) is 0.729. The van der Waals surface area contributed by atoms with Crippen molar-refractivity contribution in [2.24, 2.45) is 0 Å². The van der Waals surface area contributed by atoms with Crippen molar-refractivity contribution in [2.45, 2.75) is 11.4 Å². The number of sulfonamides is 1. The van der Waals surface area contributed by atoms with E-state index < -0.39 is 15.7 Å². The summed E-state index contributed by atoms with van der Waals surface area (Å²) in [6, 6.07) is 9.86. The van der Waals surface area contributed by atoms with Crippen molar-refractivity contribution in [3.63, 3.8) is 0 Å². The molecule has 0 saturated heterocycles. The molecular weight excluding hydrogens is 384 g/mol. The Morgan fingerprint density at radius 2 is 1.82 bits per heavy atom. The van der Waals surface area contributed by atoms with E-state index in [1.54, 1.807) is 30.3 Å². The number of benzene rings is 2. The quantitative estimate of drug-likeness (QED) is 0.545. The highest BCUT2D eigenvalue weighted by Crippen LogP contribution is 2.33. The van der Waals surface area contributed by atoms with Crippen molar-refractivity contribution in [2.75, 3.05) is 26.6 Å². The minimum atomic E-state index is -3.54. The second-order valence-electron chi connectivity index (χ2n) is 5.85. The van der Waals surface area contributed by atoms with Gasteiger partial charge in [0.2, 0.25) is 10.0 Å². The predicted molar refractivity (Wildman–Crippen MR) is 105 cm³/mol. The van der Waals surface area contributed by atoms with E-state index in [1.165, 1.54) is 27.3 Å². The average Bonchev–Trinajstić information content (AvgIpc) is 2.71. The zero-order chi connectivity index (χ0) is 20.3. The molecule has 0 radical (unpaired) electrons. The van der Waals surface area contributed by atoms with Crippen LogP contribution in [0.5, 0.6) is 11.5 Å². The summed E-state index contributed by atoms with van der Waals surface area (Å²) in [7, 11) is 0.841. The zero-order valence-electron chi connectivity index (χ0n) is 15.6. The molecule has 2 aromatic carbocycles. The number of aromatic amines is 1. The minimum absolute atomic E-state index is 0.157. The molecule has 0 aliphatic carbocycles. The van der Waals surface area contributed by atoms with Crippen LogP contribution in [0.15, 0.2) is 46.1 Å². The maximum absolute atomic E-state index is 12.0. The van der Waals surface area contributed by atoms with Gasteiger partial charge in [-0.2, -0.15) is 4.98 Å². The van der Waals surface area contributed by atoms with Crippen molar-refractivity contribution in [1.29, 1.82) is 0 Å². The first-order valence-electron chi connectivity index (χ1n) is 8.30. The summed E-state index contributed by atoms with van der Waals surface area (Å²) in [6.07, 6.45) is 0. The van der Waals surface area contributed by atoms with Crippen LogP contribution >= 0.6 is 0 Å². The van der Waals surface area contributed by atoms with Crippen LogP contribution in [0.2, 0.25) is 0 Å². The Hall–Kier alpha value is -3.11. The first-order chi connectivity index (χ1) is 13.4. The normalized spacial score (nSPS) is 11.4. The number of H-pyrrole nitrogens is 1. The van der Waals surface area contributed by atoms with Gasteiger partial charge in [0.15, 0.2) is 11.5 Å². The first kappa shape index (κ1) is 19.6. The summed E-state index contributed by atoms with van der Waals surface area (Å²) in [4.78, 5) is 18.7. The Morgan fingerprint density at radius 1 is 1.11 bits per heavy atom. The van der Waals surface area contributed by atoms with E-state index in [-0.39, 0.29) is 11.4 Å².